The van der Waals surface area contributed by atoms with Gasteiger partial charge in [-0.1, -0.05) is 13.3 Å². The Bertz CT molecular complexity index is 1180. The largest absolute Gasteiger partial charge is 0.368 e. The van der Waals surface area contributed by atoms with Gasteiger partial charge in [0.25, 0.3) is 11.5 Å². The maximum absolute atomic E-state index is 13.1. The number of unbranched alkanes of at least 4 members (excludes halogenated alkanes) is 1. The first-order valence-corrected chi connectivity index (χ1v) is 10.7. The van der Waals surface area contributed by atoms with Gasteiger partial charge in [-0.05, 0) is 42.2 Å². The number of amides is 1. The van der Waals surface area contributed by atoms with Crippen LogP contribution in [0.5, 0.6) is 0 Å². The van der Waals surface area contributed by atoms with Crippen LogP contribution >= 0.6 is 11.5 Å². The summed E-state index contributed by atoms with van der Waals surface area (Å²) in [5.74, 6) is -0.532. The van der Waals surface area contributed by atoms with Gasteiger partial charge < -0.3 is 14.8 Å². The monoisotopic (exact) mass is 431 g/mol. The average Bonchev–Trinajstić information content (AvgIpc) is 3.18. The lowest BCUT2D eigenvalue weighted by atomic mass is 10.2. The number of anilines is 1. The van der Waals surface area contributed by atoms with E-state index in [-0.39, 0.29) is 27.6 Å². The van der Waals surface area contributed by atoms with Crippen molar-refractivity contribution in [1.82, 2.24) is 18.8 Å². The molecule has 0 atom stereocenters. The molecule has 1 amide bonds. The summed E-state index contributed by atoms with van der Waals surface area (Å²) in [7, 11) is 0. The molecule has 158 valence electrons. The Labute approximate surface area is 175 Å². The van der Waals surface area contributed by atoms with Gasteiger partial charge in [-0.15, -0.1) is 0 Å². The van der Waals surface area contributed by atoms with E-state index in [1.54, 1.807) is 17.0 Å². The fraction of sp³-hybridized carbons (Fsp3) is 0.400. The Kier molecular flexibility index (Phi) is 5.67. The third-order valence-electron chi connectivity index (χ3n) is 5.31. The summed E-state index contributed by atoms with van der Waals surface area (Å²) in [5, 5.41) is 0. The van der Waals surface area contributed by atoms with Gasteiger partial charge in [0.15, 0.2) is 5.52 Å². The highest BCUT2D eigenvalue weighted by Crippen LogP contribution is 2.22. The summed E-state index contributed by atoms with van der Waals surface area (Å²) in [6.07, 6.45) is 1.57. The summed E-state index contributed by atoms with van der Waals surface area (Å²) in [4.78, 5) is 44.7. The van der Waals surface area contributed by atoms with Crippen molar-refractivity contribution in [2.24, 2.45) is 0 Å². The second kappa shape index (κ2) is 8.39. The number of aromatic amines is 1. The van der Waals surface area contributed by atoms with Crippen LogP contribution in [0.1, 0.15) is 29.4 Å². The van der Waals surface area contributed by atoms with Gasteiger partial charge in [-0.25, -0.2) is 9.18 Å². The molecule has 1 saturated heterocycles. The Morgan fingerprint density at radius 2 is 1.87 bits per heavy atom. The summed E-state index contributed by atoms with van der Waals surface area (Å²) in [5.41, 5.74) is 0.274. The highest BCUT2D eigenvalue weighted by molar-refractivity contribution is 7.09. The molecular formula is C20H22FN5O3S. The third kappa shape index (κ3) is 3.74. The van der Waals surface area contributed by atoms with Crippen LogP contribution in [0, 0.1) is 5.82 Å². The fourth-order valence-electron chi connectivity index (χ4n) is 3.58. The third-order valence-corrected chi connectivity index (χ3v) is 6.14. The molecule has 1 N–H and O–H groups in total. The number of piperazine rings is 1. The molecule has 4 rings (SSSR count). The Morgan fingerprint density at radius 3 is 2.53 bits per heavy atom. The zero-order valence-corrected chi connectivity index (χ0v) is 17.4. The standard InChI is InChI=1S/C20H22FN5O3S/c1-2-3-8-26-18(27)16-15(22-20(26)29)17(30-23-16)19(28)25-11-9-24(10-12-25)14-6-4-13(21)5-7-14/h4-7H,2-3,8-12H2,1H3,(H,22,29). The van der Waals surface area contributed by atoms with E-state index in [1.807, 2.05) is 6.92 Å². The number of nitrogens with one attached hydrogen (secondary N) is 1. The van der Waals surface area contributed by atoms with Gasteiger partial charge in [0, 0.05) is 38.4 Å². The minimum Gasteiger partial charge on any atom is -0.368 e. The SMILES string of the molecule is CCCCn1c(=O)[nH]c2c(C(=O)N3CCN(c4ccc(F)cc4)CC3)snc2c1=O. The van der Waals surface area contributed by atoms with Crippen molar-refractivity contribution in [3.05, 3.63) is 55.8 Å². The highest BCUT2D eigenvalue weighted by atomic mass is 32.1. The minimum absolute atomic E-state index is 0.129. The second-order valence-corrected chi connectivity index (χ2v) is 8.00. The molecule has 1 aromatic carbocycles. The summed E-state index contributed by atoms with van der Waals surface area (Å²) in [6.45, 7) is 4.48. The maximum Gasteiger partial charge on any atom is 0.328 e. The number of fused-ring (bicyclic) bond motifs is 1. The molecule has 8 nitrogen and oxygen atoms in total. The van der Waals surface area contributed by atoms with E-state index in [9.17, 15) is 18.8 Å². The second-order valence-electron chi connectivity index (χ2n) is 7.23. The molecule has 2 aromatic heterocycles. The lowest BCUT2D eigenvalue weighted by Crippen LogP contribution is -2.48. The summed E-state index contributed by atoms with van der Waals surface area (Å²) >= 11 is 0.939. The number of carbonyl (C=O) groups excluding carboxylic acids is 1. The zero-order chi connectivity index (χ0) is 21.3. The number of H-pyrrole nitrogens is 1. The molecular weight excluding hydrogens is 409 g/mol. The Balaban J connectivity index is 1.53. The first-order chi connectivity index (χ1) is 14.5. The van der Waals surface area contributed by atoms with Crippen LogP contribution in [0.2, 0.25) is 0 Å². The van der Waals surface area contributed by atoms with E-state index in [0.29, 0.717) is 39.1 Å². The molecule has 30 heavy (non-hydrogen) atoms. The van der Waals surface area contributed by atoms with E-state index in [0.717, 1.165) is 28.2 Å². The van der Waals surface area contributed by atoms with E-state index in [1.165, 1.54) is 12.1 Å². The van der Waals surface area contributed by atoms with E-state index in [2.05, 4.69) is 14.3 Å². The first-order valence-electron chi connectivity index (χ1n) is 9.92. The molecule has 0 unspecified atom stereocenters. The molecule has 1 fully saturated rings. The van der Waals surface area contributed by atoms with Crippen LogP contribution in [0.4, 0.5) is 10.1 Å². The number of hydrogen-bond acceptors (Lipinski definition) is 6. The molecule has 0 bridgehead atoms. The van der Waals surface area contributed by atoms with Crippen LogP contribution in [-0.4, -0.2) is 50.9 Å². The lowest BCUT2D eigenvalue weighted by Gasteiger charge is -2.35. The molecule has 1 aliphatic heterocycles. The zero-order valence-electron chi connectivity index (χ0n) is 16.6. The average molecular weight is 431 g/mol. The first kappa shape index (κ1) is 20.3. The van der Waals surface area contributed by atoms with Gasteiger partial charge in [0.2, 0.25) is 0 Å². The molecule has 10 heteroatoms. The number of halogens is 1. The molecule has 0 radical (unpaired) electrons. The van der Waals surface area contributed by atoms with Gasteiger partial charge in [-0.3, -0.25) is 14.2 Å². The van der Waals surface area contributed by atoms with Crippen molar-refractivity contribution in [1.29, 1.82) is 0 Å². The predicted molar refractivity (Wildman–Crippen MR) is 114 cm³/mol. The van der Waals surface area contributed by atoms with Gasteiger partial charge >= 0.3 is 5.69 Å². The number of aromatic nitrogens is 3. The quantitative estimate of drug-likeness (QED) is 0.668. The van der Waals surface area contributed by atoms with Crippen molar-refractivity contribution in [2.45, 2.75) is 26.3 Å². The van der Waals surface area contributed by atoms with Crippen LogP contribution in [0.3, 0.4) is 0 Å². The predicted octanol–water partition coefficient (Wildman–Crippen LogP) is 2.05. The van der Waals surface area contributed by atoms with E-state index >= 15 is 0 Å². The van der Waals surface area contributed by atoms with E-state index in [4.69, 9.17) is 0 Å². The highest BCUT2D eigenvalue weighted by Gasteiger charge is 2.27. The molecule has 0 spiro atoms. The maximum atomic E-state index is 13.1. The molecule has 1 aliphatic rings. The van der Waals surface area contributed by atoms with Crippen molar-refractivity contribution >= 4 is 34.2 Å². The number of benzene rings is 1. The Morgan fingerprint density at radius 1 is 1.17 bits per heavy atom. The van der Waals surface area contributed by atoms with Crippen LogP contribution in [0.15, 0.2) is 33.9 Å². The number of hydrogen-bond donors (Lipinski definition) is 1. The normalized spacial score (nSPS) is 14.5. The topological polar surface area (TPSA) is 91.3 Å². The minimum atomic E-state index is -0.517. The molecule has 3 heterocycles. The molecule has 0 aliphatic carbocycles. The van der Waals surface area contributed by atoms with Crippen LogP contribution in [-0.2, 0) is 6.54 Å². The van der Waals surface area contributed by atoms with Crippen LogP contribution in [0.25, 0.3) is 11.0 Å². The fourth-order valence-corrected chi connectivity index (χ4v) is 4.37. The smallest absolute Gasteiger partial charge is 0.328 e. The summed E-state index contributed by atoms with van der Waals surface area (Å²) in [6, 6.07) is 6.27. The van der Waals surface area contributed by atoms with Crippen molar-refractivity contribution < 1.29 is 9.18 Å². The molecule has 0 saturated carbocycles. The lowest BCUT2D eigenvalue weighted by molar-refractivity contribution is 0.0753. The van der Waals surface area contributed by atoms with Gasteiger partial charge in [0.05, 0.1) is 5.52 Å². The van der Waals surface area contributed by atoms with Gasteiger partial charge in [0.1, 0.15) is 10.7 Å². The van der Waals surface area contributed by atoms with E-state index < -0.39 is 11.2 Å². The van der Waals surface area contributed by atoms with Crippen molar-refractivity contribution in [3.8, 4) is 0 Å². The molecule has 3 aromatic rings. The number of carbonyl (C=O) groups is 1. The number of rotatable bonds is 5. The van der Waals surface area contributed by atoms with Crippen molar-refractivity contribution in [2.75, 3.05) is 31.1 Å². The summed E-state index contributed by atoms with van der Waals surface area (Å²) < 4.78 is 18.4. The van der Waals surface area contributed by atoms with Gasteiger partial charge in [-0.2, -0.15) is 4.37 Å². The van der Waals surface area contributed by atoms with Crippen LogP contribution < -0.4 is 16.1 Å². The number of nitrogens with zero attached hydrogens (tertiary/aromatic N) is 4. The Hall–Kier alpha value is -3.01. The van der Waals surface area contributed by atoms with Crippen molar-refractivity contribution in [3.63, 3.8) is 0 Å².